The molecule has 20 heavy (non-hydrogen) atoms. The molecule has 1 fully saturated rings. The standard InChI is InChI=1S/C19H31N/c1-14-8-15(2)10-16(9-14)19(11-18(6,7)12-19)13-20-17(3,4)5/h8-10,20H,11-13H2,1-7H3. The molecule has 1 saturated carbocycles. The van der Waals surface area contributed by atoms with Gasteiger partial charge in [0.25, 0.3) is 0 Å². The van der Waals surface area contributed by atoms with Crippen LogP contribution in [-0.4, -0.2) is 12.1 Å². The van der Waals surface area contributed by atoms with Crippen LogP contribution in [0.3, 0.4) is 0 Å². The third-order valence-corrected chi connectivity index (χ3v) is 4.43. The van der Waals surface area contributed by atoms with Gasteiger partial charge in [-0.3, -0.25) is 0 Å². The van der Waals surface area contributed by atoms with E-state index in [1.165, 1.54) is 29.5 Å². The van der Waals surface area contributed by atoms with Crippen molar-refractivity contribution in [1.82, 2.24) is 5.32 Å². The lowest BCUT2D eigenvalue weighted by Crippen LogP contribution is -2.55. The predicted molar refractivity (Wildman–Crippen MR) is 88.4 cm³/mol. The maximum absolute atomic E-state index is 3.74. The summed E-state index contributed by atoms with van der Waals surface area (Å²) in [5.74, 6) is 0. The summed E-state index contributed by atoms with van der Waals surface area (Å²) in [4.78, 5) is 0. The highest BCUT2D eigenvalue weighted by Crippen LogP contribution is 2.55. The molecule has 112 valence electrons. The van der Waals surface area contributed by atoms with Gasteiger partial charge in [-0.1, -0.05) is 43.2 Å². The molecule has 0 bridgehead atoms. The minimum atomic E-state index is 0.186. The molecule has 0 radical (unpaired) electrons. The normalized spacial score (nSPS) is 20.6. The Morgan fingerprint density at radius 3 is 1.90 bits per heavy atom. The average molecular weight is 273 g/mol. The van der Waals surface area contributed by atoms with Crippen LogP contribution in [0, 0.1) is 19.3 Å². The monoisotopic (exact) mass is 273 g/mol. The Hall–Kier alpha value is -0.820. The predicted octanol–water partition coefficient (Wildman–Crippen LogP) is 4.75. The van der Waals surface area contributed by atoms with Crippen molar-refractivity contribution in [2.45, 2.75) is 72.3 Å². The molecule has 0 spiro atoms. The van der Waals surface area contributed by atoms with Crippen molar-refractivity contribution in [2.24, 2.45) is 5.41 Å². The Morgan fingerprint density at radius 1 is 1.00 bits per heavy atom. The Kier molecular flexibility index (Phi) is 3.79. The molecule has 1 aromatic rings. The SMILES string of the molecule is Cc1cc(C)cc(C2(CNC(C)(C)C)CC(C)(C)C2)c1. The van der Waals surface area contributed by atoms with Crippen molar-refractivity contribution in [3.8, 4) is 0 Å². The maximum Gasteiger partial charge on any atom is 0.00968 e. The summed E-state index contributed by atoms with van der Waals surface area (Å²) in [5, 5.41) is 3.74. The van der Waals surface area contributed by atoms with Crippen molar-refractivity contribution in [1.29, 1.82) is 0 Å². The zero-order valence-corrected chi connectivity index (χ0v) is 14.4. The Balaban J connectivity index is 2.28. The Morgan fingerprint density at radius 2 is 1.50 bits per heavy atom. The summed E-state index contributed by atoms with van der Waals surface area (Å²) in [6.45, 7) is 17.1. The van der Waals surface area contributed by atoms with E-state index in [0.29, 0.717) is 10.8 Å². The van der Waals surface area contributed by atoms with Gasteiger partial charge in [0.1, 0.15) is 0 Å². The van der Waals surface area contributed by atoms with Crippen LogP contribution in [0.5, 0.6) is 0 Å². The first kappa shape index (κ1) is 15.6. The number of hydrogen-bond donors (Lipinski definition) is 1. The van der Waals surface area contributed by atoms with Crippen LogP contribution >= 0.6 is 0 Å². The fourth-order valence-electron chi connectivity index (χ4n) is 3.93. The fraction of sp³-hybridized carbons (Fsp3) is 0.684. The minimum absolute atomic E-state index is 0.186. The van der Waals surface area contributed by atoms with Gasteiger partial charge >= 0.3 is 0 Å². The topological polar surface area (TPSA) is 12.0 Å². The van der Waals surface area contributed by atoms with Gasteiger partial charge in [-0.05, 0) is 58.4 Å². The maximum atomic E-state index is 3.74. The lowest BCUT2D eigenvalue weighted by atomic mass is 9.51. The van der Waals surface area contributed by atoms with Crippen LogP contribution in [0.2, 0.25) is 0 Å². The minimum Gasteiger partial charge on any atom is -0.311 e. The quantitative estimate of drug-likeness (QED) is 0.838. The van der Waals surface area contributed by atoms with Crippen LogP contribution in [-0.2, 0) is 5.41 Å². The summed E-state index contributed by atoms with van der Waals surface area (Å²) >= 11 is 0. The van der Waals surface area contributed by atoms with E-state index < -0.39 is 0 Å². The highest BCUT2D eigenvalue weighted by molar-refractivity contribution is 5.37. The van der Waals surface area contributed by atoms with Gasteiger partial charge < -0.3 is 5.32 Å². The Labute approximate surface area is 125 Å². The van der Waals surface area contributed by atoms with Gasteiger partial charge in [0, 0.05) is 17.5 Å². The molecule has 1 aliphatic rings. The van der Waals surface area contributed by atoms with E-state index in [0.717, 1.165) is 6.54 Å². The van der Waals surface area contributed by atoms with Gasteiger partial charge in [-0.15, -0.1) is 0 Å². The van der Waals surface area contributed by atoms with E-state index in [1.54, 1.807) is 0 Å². The average Bonchev–Trinajstić information content (AvgIpc) is 2.20. The number of rotatable bonds is 3. The smallest absolute Gasteiger partial charge is 0.00968 e. The summed E-state index contributed by atoms with van der Waals surface area (Å²) in [7, 11) is 0. The summed E-state index contributed by atoms with van der Waals surface area (Å²) < 4.78 is 0. The molecule has 1 nitrogen and oxygen atoms in total. The van der Waals surface area contributed by atoms with Crippen molar-refractivity contribution < 1.29 is 0 Å². The van der Waals surface area contributed by atoms with Crippen LogP contribution in [0.25, 0.3) is 0 Å². The third kappa shape index (κ3) is 3.44. The number of benzene rings is 1. The van der Waals surface area contributed by atoms with E-state index in [2.05, 4.69) is 72.0 Å². The van der Waals surface area contributed by atoms with Crippen molar-refractivity contribution in [2.75, 3.05) is 6.54 Å². The van der Waals surface area contributed by atoms with E-state index in [4.69, 9.17) is 0 Å². The summed E-state index contributed by atoms with van der Waals surface area (Å²) in [5.41, 5.74) is 5.31. The molecular formula is C19H31N. The summed E-state index contributed by atoms with van der Waals surface area (Å²) in [6, 6.07) is 7.07. The molecule has 0 unspecified atom stereocenters. The first-order valence-electron chi connectivity index (χ1n) is 7.85. The molecule has 1 N–H and O–H groups in total. The number of hydrogen-bond acceptors (Lipinski definition) is 1. The van der Waals surface area contributed by atoms with Gasteiger partial charge in [-0.2, -0.15) is 0 Å². The van der Waals surface area contributed by atoms with Crippen LogP contribution in [0.1, 0.15) is 64.2 Å². The van der Waals surface area contributed by atoms with E-state index in [9.17, 15) is 0 Å². The van der Waals surface area contributed by atoms with Crippen LogP contribution in [0.15, 0.2) is 18.2 Å². The number of nitrogens with one attached hydrogen (secondary N) is 1. The molecule has 1 heteroatoms. The Bertz CT molecular complexity index is 463. The lowest BCUT2D eigenvalue weighted by molar-refractivity contribution is 0.0512. The first-order chi connectivity index (χ1) is 9.01. The molecule has 1 aliphatic carbocycles. The number of aryl methyl sites for hydroxylation is 2. The zero-order valence-electron chi connectivity index (χ0n) is 14.4. The van der Waals surface area contributed by atoms with Crippen molar-refractivity contribution in [3.63, 3.8) is 0 Å². The molecule has 2 rings (SSSR count). The van der Waals surface area contributed by atoms with Crippen LogP contribution < -0.4 is 5.32 Å². The molecular weight excluding hydrogens is 242 g/mol. The molecule has 0 saturated heterocycles. The second kappa shape index (κ2) is 4.87. The lowest BCUT2D eigenvalue weighted by Gasteiger charge is -2.55. The van der Waals surface area contributed by atoms with Gasteiger partial charge in [0.2, 0.25) is 0 Å². The molecule has 1 aromatic carbocycles. The summed E-state index contributed by atoms with van der Waals surface area (Å²) in [6.07, 6.45) is 2.57. The largest absolute Gasteiger partial charge is 0.311 e. The van der Waals surface area contributed by atoms with Gasteiger partial charge in [0.05, 0.1) is 0 Å². The zero-order chi connectivity index (χ0) is 15.2. The molecule has 0 atom stereocenters. The van der Waals surface area contributed by atoms with Crippen LogP contribution in [0.4, 0.5) is 0 Å². The first-order valence-corrected chi connectivity index (χ1v) is 7.85. The highest BCUT2D eigenvalue weighted by atomic mass is 15.0. The van der Waals surface area contributed by atoms with Gasteiger partial charge in [-0.25, -0.2) is 0 Å². The molecule has 0 aromatic heterocycles. The highest BCUT2D eigenvalue weighted by Gasteiger charge is 2.50. The molecule has 0 aliphatic heterocycles. The molecule has 0 heterocycles. The third-order valence-electron chi connectivity index (χ3n) is 4.43. The van der Waals surface area contributed by atoms with Gasteiger partial charge in [0.15, 0.2) is 0 Å². The second-order valence-electron chi connectivity index (χ2n) is 8.78. The van der Waals surface area contributed by atoms with Crippen molar-refractivity contribution >= 4 is 0 Å². The van der Waals surface area contributed by atoms with E-state index >= 15 is 0 Å². The fourth-order valence-corrected chi connectivity index (χ4v) is 3.93. The van der Waals surface area contributed by atoms with E-state index in [1.807, 2.05) is 0 Å². The second-order valence-corrected chi connectivity index (χ2v) is 8.78. The van der Waals surface area contributed by atoms with E-state index in [-0.39, 0.29) is 5.54 Å². The van der Waals surface area contributed by atoms with Crippen molar-refractivity contribution in [3.05, 3.63) is 34.9 Å². The molecule has 0 amide bonds.